The van der Waals surface area contributed by atoms with Crippen LogP contribution in [0.4, 0.5) is 15.9 Å². The van der Waals surface area contributed by atoms with Crippen LogP contribution >= 0.6 is 0 Å². The Morgan fingerprint density at radius 2 is 1.90 bits per heavy atom. The van der Waals surface area contributed by atoms with Crippen molar-refractivity contribution in [1.29, 1.82) is 0 Å². The van der Waals surface area contributed by atoms with E-state index in [0.29, 0.717) is 33.9 Å². The topological polar surface area (TPSA) is 128 Å². The minimum absolute atomic E-state index is 0.0654. The lowest BCUT2D eigenvalue weighted by Gasteiger charge is -2.19. The van der Waals surface area contributed by atoms with Gasteiger partial charge in [0.2, 0.25) is 0 Å². The van der Waals surface area contributed by atoms with E-state index in [1.807, 2.05) is 53.2 Å². The molecule has 11 heteroatoms. The second-order valence-electron chi connectivity index (χ2n) is 10.1. The van der Waals surface area contributed by atoms with Gasteiger partial charge in [0, 0.05) is 36.4 Å². The van der Waals surface area contributed by atoms with E-state index in [9.17, 15) is 14.0 Å². The number of benzene rings is 3. The van der Waals surface area contributed by atoms with Crippen molar-refractivity contribution in [3.05, 3.63) is 95.6 Å². The number of carbonyl (C=O) groups excluding carboxylic acids is 2. The molecule has 0 spiro atoms. The normalized spacial score (nSPS) is 14.7. The number of amides is 1. The van der Waals surface area contributed by atoms with Gasteiger partial charge in [-0.1, -0.05) is 24.3 Å². The number of fused-ring (bicyclic) bond motifs is 1. The van der Waals surface area contributed by atoms with Crippen LogP contribution in [0.2, 0.25) is 0 Å². The van der Waals surface area contributed by atoms with Gasteiger partial charge in [-0.3, -0.25) is 9.59 Å². The summed E-state index contributed by atoms with van der Waals surface area (Å²) >= 11 is 0. The van der Waals surface area contributed by atoms with E-state index < -0.39 is 11.7 Å². The molecule has 3 heterocycles. The minimum atomic E-state index is -0.515. The van der Waals surface area contributed by atoms with Gasteiger partial charge in [0.05, 0.1) is 24.1 Å². The van der Waals surface area contributed by atoms with Crippen LogP contribution in [-0.4, -0.2) is 52.1 Å². The molecular weight excluding hydrogens is 537 g/mol. The van der Waals surface area contributed by atoms with E-state index in [4.69, 9.17) is 15.6 Å². The zero-order valence-corrected chi connectivity index (χ0v) is 22.8. The van der Waals surface area contributed by atoms with Gasteiger partial charge in [0.15, 0.2) is 5.65 Å². The molecule has 3 N–H and O–H groups in total. The number of rotatable bonds is 8. The molecule has 1 aliphatic rings. The van der Waals surface area contributed by atoms with E-state index in [1.165, 1.54) is 25.6 Å². The second kappa shape index (κ2) is 11.3. The smallest absolute Gasteiger partial charge is 0.255 e. The molecule has 212 valence electrons. The number of nitrogen functional groups attached to an aromatic ring is 1. The fraction of sp³-hybridized carbons (Fsp3) is 0.194. The molecule has 6 rings (SSSR count). The second-order valence-corrected chi connectivity index (χ2v) is 10.1. The van der Waals surface area contributed by atoms with Crippen LogP contribution < -0.4 is 20.7 Å². The number of nitrogens with one attached hydrogen (secondary N) is 1. The number of ether oxygens (including phenoxy) is 1. The SMILES string of the molecule is COc1ccc(F)cc1C(=O)NCc1ccc(-c2nn(C3CCN(c4ccc(C=O)cc4)C3)c3ncnc(N)c23)cc1. The lowest BCUT2D eigenvalue weighted by atomic mass is 10.1. The van der Waals surface area contributed by atoms with Crippen LogP contribution in [0.5, 0.6) is 5.75 Å². The van der Waals surface area contributed by atoms with Crippen LogP contribution in [0.25, 0.3) is 22.3 Å². The Morgan fingerprint density at radius 3 is 2.64 bits per heavy atom. The molecule has 1 unspecified atom stereocenters. The molecule has 0 radical (unpaired) electrons. The summed E-state index contributed by atoms with van der Waals surface area (Å²) in [7, 11) is 1.43. The first-order valence-electron chi connectivity index (χ1n) is 13.4. The summed E-state index contributed by atoms with van der Waals surface area (Å²) < 4.78 is 20.8. The van der Waals surface area contributed by atoms with E-state index in [2.05, 4.69) is 20.2 Å². The van der Waals surface area contributed by atoms with Crippen LogP contribution in [-0.2, 0) is 6.54 Å². The Labute approximate surface area is 240 Å². The highest BCUT2D eigenvalue weighted by Crippen LogP contribution is 2.35. The third kappa shape index (κ3) is 5.12. The van der Waals surface area contributed by atoms with Gasteiger partial charge in [-0.2, -0.15) is 5.10 Å². The zero-order valence-electron chi connectivity index (χ0n) is 22.8. The number of methoxy groups -OCH3 is 1. The molecule has 1 amide bonds. The first kappa shape index (κ1) is 26.9. The summed E-state index contributed by atoms with van der Waals surface area (Å²) in [5, 5.41) is 8.47. The Morgan fingerprint density at radius 1 is 1.12 bits per heavy atom. The van der Waals surface area contributed by atoms with E-state index in [-0.39, 0.29) is 18.2 Å². The molecule has 2 aromatic heterocycles. The average molecular weight is 566 g/mol. The van der Waals surface area contributed by atoms with Crippen LogP contribution in [0.15, 0.2) is 73.1 Å². The minimum Gasteiger partial charge on any atom is -0.496 e. The summed E-state index contributed by atoms with van der Waals surface area (Å²) in [4.78, 5) is 34.7. The summed E-state index contributed by atoms with van der Waals surface area (Å²) in [6.45, 7) is 1.81. The maximum atomic E-state index is 13.7. The number of carbonyl (C=O) groups is 2. The van der Waals surface area contributed by atoms with Crippen molar-refractivity contribution in [3.8, 4) is 17.0 Å². The van der Waals surface area contributed by atoms with Crippen LogP contribution in [0.3, 0.4) is 0 Å². The van der Waals surface area contributed by atoms with Gasteiger partial charge in [0.25, 0.3) is 5.91 Å². The van der Waals surface area contributed by atoms with Gasteiger partial charge in [-0.15, -0.1) is 0 Å². The largest absolute Gasteiger partial charge is 0.496 e. The summed E-state index contributed by atoms with van der Waals surface area (Å²) in [5.74, 6) is -0.303. The Bertz CT molecular complexity index is 1770. The highest BCUT2D eigenvalue weighted by atomic mass is 19.1. The molecule has 3 aromatic carbocycles. The predicted octanol–water partition coefficient (Wildman–Crippen LogP) is 4.42. The molecule has 0 bridgehead atoms. The zero-order chi connectivity index (χ0) is 29.2. The van der Waals surface area contributed by atoms with Gasteiger partial charge in [-0.25, -0.2) is 19.0 Å². The molecule has 1 saturated heterocycles. The highest BCUT2D eigenvalue weighted by molar-refractivity contribution is 5.98. The Hall–Kier alpha value is -5.32. The quantitative estimate of drug-likeness (QED) is 0.265. The predicted molar refractivity (Wildman–Crippen MR) is 157 cm³/mol. The van der Waals surface area contributed by atoms with E-state index >= 15 is 0 Å². The number of hydrogen-bond donors (Lipinski definition) is 2. The number of anilines is 2. The summed E-state index contributed by atoms with van der Waals surface area (Å²) in [6, 6.07) is 19.0. The molecule has 0 aliphatic carbocycles. The maximum Gasteiger partial charge on any atom is 0.255 e. The first-order valence-corrected chi connectivity index (χ1v) is 13.4. The maximum absolute atomic E-state index is 13.7. The third-order valence-corrected chi connectivity index (χ3v) is 7.51. The van der Waals surface area contributed by atoms with Crippen molar-refractivity contribution >= 4 is 34.7 Å². The number of aromatic nitrogens is 4. The molecule has 0 saturated carbocycles. The Kier molecular flexibility index (Phi) is 7.22. The molecule has 42 heavy (non-hydrogen) atoms. The van der Waals surface area contributed by atoms with Crippen molar-refractivity contribution in [2.24, 2.45) is 0 Å². The van der Waals surface area contributed by atoms with Crippen molar-refractivity contribution < 1.29 is 18.7 Å². The number of nitrogens with zero attached hydrogens (tertiary/aromatic N) is 5. The number of nitrogens with two attached hydrogens (primary N) is 1. The van der Waals surface area contributed by atoms with Crippen molar-refractivity contribution in [3.63, 3.8) is 0 Å². The average Bonchev–Trinajstić information content (AvgIpc) is 3.66. The summed E-state index contributed by atoms with van der Waals surface area (Å²) in [6.07, 6.45) is 3.15. The number of halogens is 1. The molecule has 1 fully saturated rings. The molecule has 10 nitrogen and oxygen atoms in total. The fourth-order valence-electron chi connectivity index (χ4n) is 5.31. The molecule has 1 aliphatic heterocycles. The van der Waals surface area contributed by atoms with Crippen LogP contribution in [0, 0.1) is 5.82 Å². The van der Waals surface area contributed by atoms with E-state index in [0.717, 1.165) is 48.7 Å². The fourth-order valence-corrected chi connectivity index (χ4v) is 5.31. The Balaban J connectivity index is 1.22. The van der Waals surface area contributed by atoms with Crippen LogP contribution in [0.1, 0.15) is 38.7 Å². The highest BCUT2D eigenvalue weighted by Gasteiger charge is 2.28. The van der Waals surface area contributed by atoms with Gasteiger partial charge in [-0.05, 0) is 54.4 Å². The monoisotopic (exact) mass is 565 g/mol. The standard InChI is InChI=1S/C31H28FN7O3/c1-42-26-11-8-22(32)14-25(26)31(41)34-15-19-2-6-21(7-3-19)28-27-29(33)35-18-36-30(27)39(37-28)24-12-13-38(16-24)23-9-4-20(17-40)5-10-23/h2-11,14,17-18,24H,12-13,15-16H2,1H3,(H,34,41)(H2,33,35,36). The van der Waals surface area contributed by atoms with Crippen molar-refractivity contribution in [2.45, 2.75) is 19.0 Å². The summed E-state index contributed by atoms with van der Waals surface area (Å²) in [5.41, 5.74) is 11.2. The molecule has 1 atom stereocenters. The molecular formula is C31H28FN7O3. The number of aldehydes is 1. The van der Waals surface area contributed by atoms with Gasteiger partial charge < -0.3 is 20.7 Å². The van der Waals surface area contributed by atoms with Gasteiger partial charge >= 0.3 is 0 Å². The third-order valence-electron chi connectivity index (χ3n) is 7.51. The lowest BCUT2D eigenvalue weighted by Crippen LogP contribution is -2.23. The first-order chi connectivity index (χ1) is 20.4. The lowest BCUT2D eigenvalue weighted by molar-refractivity contribution is 0.0947. The van der Waals surface area contributed by atoms with Crippen molar-refractivity contribution in [1.82, 2.24) is 25.1 Å². The number of hydrogen-bond acceptors (Lipinski definition) is 8. The molecule has 5 aromatic rings. The van der Waals surface area contributed by atoms with E-state index in [1.54, 1.807) is 0 Å². The van der Waals surface area contributed by atoms with Crippen molar-refractivity contribution in [2.75, 3.05) is 30.8 Å². The van der Waals surface area contributed by atoms with Gasteiger partial charge in [0.1, 0.15) is 35.7 Å².